The number of nitrogens with one attached hydrogen (secondary N) is 2. The van der Waals surface area contributed by atoms with Crippen molar-refractivity contribution in [3.8, 4) is 5.75 Å². The number of carbonyl (C=O) groups is 2. The van der Waals surface area contributed by atoms with Gasteiger partial charge in [0, 0.05) is 46.8 Å². The van der Waals surface area contributed by atoms with E-state index in [0.717, 1.165) is 44.4 Å². The Bertz CT molecular complexity index is 1110. The second-order valence-corrected chi connectivity index (χ2v) is 8.52. The fourth-order valence-electron chi connectivity index (χ4n) is 3.88. The topological polar surface area (TPSA) is 74.4 Å². The zero-order chi connectivity index (χ0) is 21.3. The van der Waals surface area contributed by atoms with Crippen molar-refractivity contribution in [2.24, 2.45) is 5.92 Å². The fourth-order valence-corrected chi connectivity index (χ4v) is 4.12. The van der Waals surface area contributed by atoms with Crippen LogP contribution < -0.4 is 10.1 Å². The quantitative estimate of drug-likeness (QED) is 0.565. The third kappa shape index (κ3) is 4.21. The summed E-state index contributed by atoms with van der Waals surface area (Å²) in [4.78, 5) is 30.2. The highest BCUT2D eigenvalue weighted by atomic mass is 79.9. The summed E-state index contributed by atoms with van der Waals surface area (Å²) in [7, 11) is 1.65. The summed E-state index contributed by atoms with van der Waals surface area (Å²) < 4.78 is 6.32. The van der Waals surface area contributed by atoms with Crippen LogP contribution in [0.5, 0.6) is 5.75 Å². The molecule has 2 aromatic carbocycles. The molecule has 2 heterocycles. The number of anilines is 1. The maximum absolute atomic E-state index is 12.7. The first kappa shape index (κ1) is 20.5. The molecule has 4 rings (SSSR count). The van der Waals surface area contributed by atoms with Gasteiger partial charge in [0.25, 0.3) is 0 Å². The molecule has 7 heteroatoms. The standard InChI is InChI=1S/C23H24BrN3O3/c1-14-9-17(3-5-20(14)24)26-23(29)16-10-22(28)27(13-16)8-7-15-12-25-21-6-4-18(30-2)11-19(15)21/h3-6,9,11-12,16,25H,7-8,10,13H2,1-2H3,(H,26,29)/t16-/m1/s1. The molecule has 0 spiro atoms. The van der Waals surface area contributed by atoms with Gasteiger partial charge in [-0.25, -0.2) is 0 Å². The van der Waals surface area contributed by atoms with Gasteiger partial charge in [0.1, 0.15) is 5.75 Å². The van der Waals surface area contributed by atoms with E-state index in [-0.39, 0.29) is 24.2 Å². The Morgan fingerprint density at radius 1 is 1.30 bits per heavy atom. The van der Waals surface area contributed by atoms with E-state index in [1.807, 2.05) is 49.5 Å². The average Bonchev–Trinajstić information content (AvgIpc) is 3.31. The molecule has 0 unspecified atom stereocenters. The van der Waals surface area contributed by atoms with Crippen molar-refractivity contribution >= 4 is 44.3 Å². The highest BCUT2D eigenvalue weighted by Crippen LogP contribution is 2.26. The van der Waals surface area contributed by atoms with Crippen LogP contribution in [0.1, 0.15) is 17.5 Å². The van der Waals surface area contributed by atoms with E-state index in [0.29, 0.717) is 13.1 Å². The molecular formula is C23H24BrN3O3. The SMILES string of the molecule is COc1ccc2[nH]cc(CCN3C[C@H](C(=O)Nc4ccc(Br)c(C)c4)CC3=O)c2c1. The first-order chi connectivity index (χ1) is 14.4. The van der Waals surface area contributed by atoms with Gasteiger partial charge in [-0.3, -0.25) is 9.59 Å². The number of rotatable bonds is 6. The molecule has 1 aromatic heterocycles. The van der Waals surface area contributed by atoms with Gasteiger partial charge in [-0.2, -0.15) is 0 Å². The van der Waals surface area contributed by atoms with Crippen molar-refractivity contribution in [1.29, 1.82) is 0 Å². The second-order valence-electron chi connectivity index (χ2n) is 7.67. The Balaban J connectivity index is 1.38. The predicted octanol–water partition coefficient (Wildman–Crippen LogP) is 4.28. The maximum atomic E-state index is 12.7. The predicted molar refractivity (Wildman–Crippen MR) is 121 cm³/mol. The number of fused-ring (bicyclic) bond motifs is 1. The van der Waals surface area contributed by atoms with E-state index in [2.05, 4.69) is 26.2 Å². The van der Waals surface area contributed by atoms with Gasteiger partial charge in [-0.1, -0.05) is 15.9 Å². The van der Waals surface area contributed by atoms with Crippen molar-refractivity contribution in [3.63, 3.8) is 0 Å². The first-order valence-electron chi connectivity index (χ1n) is 9.93. The number of ether oxygens (including phenoxy) is 1. The molecule has 30 heavy (non-hydrogen) atoms. The number of hydrogen-bond acceptors (Lipinski definition) is 3. The number of carbonyl (C=O) groups excluding carboxylic acids is 2. The summed E-state index contributed by atoms with van der Waals surface area (Å²) in [5.74, 6) is 0.397. The lowest BCUT2D eigenvalue weighted by Gasteiger charge is -2.16. The van der Waals surface area contributed by atoms with Gasteiger partial charge in [0.15, 0.2) is 0 Å². The Morgan fingerprint density at radius 2 is 2.13 bits per heavy atom. The third-order valence-electron chi connectivity index (χ3n) is 5.64. The number of aromatic nitrogens is 1. The van der Waals surface area contributed by atoms with Crippen LogP contribution in [-0.2, 0) is 16.0 Å². The molecule has 2 amide bonds. The van der Waals surface area contributed by atoms with Gasteiger partial charge in [0.05, 0.1) is 13.0 Å². The molecule has 1 saturated heterocycles. The monoisotopic (exact) mass is 469 g/mol. The molecule has 3 aromatic rings. The lowest BCUT2D eigenvalue weighted by atomic mass is 10.1. The number of halogens is 1. The van der Waals surface area contributed by atoms with E-state index in [4.69, 9.17) is 4.74 Å². The molecule has 1 aliphatic rings. The number of likely N-dealkylation sites (tertiary alicyclic amines) is 1. The smallest absolute Gasteiger partial charge is 0.229 e. The summed E-state index contributed by atoms with van der Waals surface area (Å²) >= 11 is 3.46. The molecule has 0 saturated carbocycles. The molecule has 1 fully saturated rings. The fraction of sp³-hybridized carbons (Fsp3) is 0.304. The molecule has 0 radical (unpaired) electrons. The number of methoxy groups -OCH3 is 1. The van der Waals surface area contributed by atoms with Crippen LogP contribution in [0.4, 0.5) is 5.69 Å². The number of benzene rings is 2. The minimum absolute atomic E-state index is 0.0274. The van der Waals surface area contributed by atoms with Crippen molar-refractivity contribution in [3.05, 3.63) is 58.2 Å². The molecule has 1 atom stereocenters. The van der Waals surface area contributed by atoms with Gasteiger partial charge < -0.3 is 19.9 Å². The summed E-state index contributed by atoms with van der Waals surface area (Å²) in [6.45, 7) is 3.01. The number of amides is 2. The summed E-state index contributed by atoms with van der Waals surface area (Å²) in [5, 5.41) is 4.04. The minimum Gasteiger partial charge on any atom is -0.497 e. The van der Waals surface area contributed by atoms with E-state index >= 15 is 0 Å². The molecule has 0 bridgehead atoms. The van der Waals surface area contributed by atoms with E-state index < -0.39 is 0 Å². The van der Waals surface area contributed by atoms with Crippen LogP contribution in [0.3, 0.4) is 0 Å². The highest BCUT2D eigenvalue weighted by molar-refractivity contribution is 9.10. The molecular weight excluding hydrogens is 446 g/mol. The highest BCUT2D eigenvalue weighted by Gasteiger charge is 2.34. The van der Waals surface area contributed by atoms with Crippen LogP contribution in [0.2, 0.25) is 0 Å². The van der Waals surface area contributed by atoms with Gasteiger partial charge >= 0.3 is 0 Å². The normalized spacial score (nSPS) is 16.3. The lowest BCUT2D eigenvalue weighted by molar-refractivity contribution is -0.128. The van der Waals surface area contributed by atoms with Crippen LogP contribution in [-0.4, -0.2) is 41.9 Å². The first-order valence-corrected chi connectivity index (χ1v) is 10.7. The number of aromatic amines is 1. The van der Waals surface area contributed by atoms with E-state index in [1.54, 1.807) is 12.0 Å². The van der Waals surface area contributed by atoms with E-state index in [1.165, 1.54) is 0 Å². The van der Waals surface area contributed by atoms with Crippen LogP contribution in [0.25, 0.3) is 10.9 Å². The Kier molecular flexibility index (Phi) is 5.81. The Hall–Kier alpha value is -2.80. The van der Waals surface area contributed by atoms with Crippen molar-refractivity contribution in [2.75, 3.05) is 25.5 Å². The summed E-state index contributed by atoms with van der Waals surface area (Å²) in [6.07, 6.45) is 2.95. The van der Waals surface area contributed by atoms with Gasteiger partial charge in [0.2, 0.25) is 11.8 Å². The maximum Gasteiger partial charge on any atom is 0.229 e. The third-order valence-corrected chi connectivity index (χ3v) is 6.53. The average molecular weight is 470 g/mol. The minimum atomic E-state index is -0.329. The van der Waals surface area contributed by atoms with Crippen molar-refractivity contribution in [1.82, 2.24) is 9.88 Å². The number of aryl methyl sites for hydroxylation is 1. The Labute approximate surface area is 183 Å². The molecule has 0 aliphatic carbocycles. The van der Waals surface area contributed by atoms with Crippen LogP contribution in [0, 0.1) is 12.8 Å². The van der Waals surface area contributed by atoms with Crippen LogP contribution >= 0.6 is 15.9 Å². The second kappa shape index (κ2) is 8.52. The van der Waals surface area contributed by atoms with Crippen molar-refractivity contribution in [2.45, 2.75) is 19.8 Å². The zero-order valence-electron chi connectivity index (χ0n) is 17.0. The van der Waals surface area contributed by atoms with Crippen molar-refractivity contribution < 1.29 is 14.3 Å². The number of H-pyrrole nitrogens is 1. The molecule has 156 valence electrons. The zero-order valence-corrected chi connectivity index (χ0v) is 18.6. The van der Waals surface area contributed by atoms with Crippen LogP contribution in [0.15, 0.2) is 47.1 Å². The molecule has 1 aliphatic heterocycles. The number of hydrogen-bond donors (Lipinski definition) is 2. The lowest BCUT2D eigenvalue weighted by Crippen LogP contribution is -2.30. The largest absolute Gasteiger partial charge is 0.497 e. The van der Waals surface area contributed by atoms with Gasteiger partial charge in [-0.05, 0) is 60.9 Å². The van der Waals surface area contributed by atoms with Gasteiger partial charge in [-0.15, -0.1) is 0 Å². The molecule has 2 N–H and O–H groups in total. The van der Waals surface area contributed by atoms with E-state index in [9.17, 15) is 9.59 Å². The number of nitrogens with zero attached hydrogens (tertiary/aromatic N) is 1. The summed E-state index contributed by atoms with van der Waals surface area (Å²) in [5.41, 5.74) is 3.97. The molecule has 6 nitrogen and oxygen atoms in total. The Morgan fingerprint density at radius 3 is 2.90 bits per heavy atom. The summed E-state index contributed by atoms with van der Waals surface area (Å²) in [6, 6.07) is 11.6.